The van der Waals surface area contributed by atoms with Crippen molar-refractivity contribution in [2.45, 2.75) is 25.9 Å². The molecule has 0 bridgehead atoms. The number of carbonyl (C=O) groups is 1. The lowest BCUT2D eigenvalue weighted by Crippen LogP contribution is -2.35. The minimum atomic E-state index is -0.281. The standard InChI is InChI=1S/C14H19NO3/c1-2-18-14(17)11-4-3-5-12(10-11)15-8-6-13(16)7-9-15/h3-5,10,13,16H,2,6-9H2,1H3. The summed E-state index contributed by atoms with van der Waals surface area (Å²) in [5.41, 5.74) is 1.60. The maximum atomic E-state index is 11.7. The maximum Gasteiger partial charge on any atom is 0.338 e. The first-order valence-electron chi connectivity index (χ1n) is 6.41. The van der Waals surface area contributed by atoms with E-state index in [1.54, 1.807) is 13.0 Å². The fraction of sp³-hybridized carbons (Fsp3) is 0.500. The molecule has 0 radical (unpaired) electrons. The van der Waals surface area contributed by atoms with E-state index in [4.69, 9.17) is 4.74 Å². The van der Waals surface area contributed by atoms with Crippen molar-refractivity contribution in [2.75, 3.05) is 24.6 Å². The van der Waals surface area contributed by atoms with Gasteiger partial charge in [0.15, 0.2) is 0 Å². The average molecular weight is 249 g/mol. The lowest BCUT2D eigenvalue weighted by molar-refractivity contribution is 0.0526. The van der Waals surface area contributed by atoms with E-state index in [1.165, 1.54) is 0 Å². The van der Waals surface area contributed by atoms with E-state index in [1.807, 2.05) is 18.2 Å². The Morgan fingerprint density at radius 2 is 2.17 bits per heavy atom. The number of carbonyl (C=O) groups excluding carboxylic acids is 1. The van der Waals surface area contributed by atoms with E-state index in [0.717, 1.165) is 31.6 Å². The molecule has 98 valence electrons. The monoisotopic (exact) mass is 249 g/mol. The lowest BCUT2D eigenvalue weighted by atomic mass is 10.1. The first-order chi connectivity index (χ1) is 8.70. The summed E-state index contributed by atoms with van der Waals surface area (Å²) >= 11 is 0. The number of nitrogens with zero attached hydrogens (tertiary/aromatic N) is 1. The van der Waals surface area contributed by atoms with Crippen molar-refractivity contribution in [1.29, 1.82) is 0 Å². The molecule has 1 fully saturated rings. The summed E-state index contributed by atoms with van der Waals surface area (Å²) in [6, 6.07) is 7.48. The summed E-state index contributed by atoms with van der Waals surface area (Å²) in [5, 5.41) is 9.49. The summed E-state index contributed by atoms with van der Waals surface area (Å²) < 4.78 is 4.99. The van der Waals surface area contributed by atoms with E-state index in [0.29, 0.717) is 12.2 Å². The number of aliphatic hydroxyl groups excluding tert-OH is 1. The molecule has 0 aromatic heterocycles. The molecule has 4 nitrogen and oxygen atoms in total. The second-order valence-corrected chi connectivity index (χ2v) is 4.49. The van der Waals surface area contributed by atoms with Crippen molar-refractivity contribution in [3.05, 3.63) is 29.8 Å². The summed E-state index contributed by atoms with van der Waals surface area (Å²) in [7, 11) is 0. The summed E-state index contributed by atoms with van der Waals surface area (Å²) in [4.78, 5) is 13.8. The van der Waals surface area contributed by atoms with Gasteiger partial charge >= 0.3 is 5.97 Å². The SMILES string of the molecule is CCOC(=O)c1cccc(N2CCC(O)CC2)c1. The van der Waals surface area contributed by atoms with Crippen LogP contribution in [0.15, 0.2) is 24.3 Å². The zero-order valence-electron chi connectivity index (χ0n) is 10.6. The molecule has 1 N–H and O–H groups in total. The summed E-state index contributed by atoms with van der Waals surface area (Å²) in [5.74, 6) is -0.281. The Hall–Kier alpha value is -1.55. The van der Waals surface area contributed by atoms with Crippen LogP contribution in [-0.2, 0) is 4.74 Å². The van der Waals surface area contributed by atoms with Gasteiger partial charge in [-0.15, -0.1) is 0 Å². The van der Waals surface area contributed by atoms with Crippen LogP contribution in [0.2, 0.25) is 0 Å². The number of piperidine rings is 1. The first kappa shape index (κ1) is 12.9. The van der Waals surface area contributed by atoms with E-state index in [-0.39, 0.29) is 12.1 Å². The minimum Gasteiger partial charge on any atom is -0.462 e. The Kier molecular flexibility index (Phi) is 4.20. The molecule has 1 aromatic rings. The number of aliphatic hydroxyl groups is 1. The van der Waals surface area contributed by atoms with Crippen LogP contribution in [0.4, 0.5) is 5.69 Å². The maximum absolute atomic E-state index is 11.7. The largest absolute Gasteiger partial charge is 0.462 e. The minimum absolute atomic E-state index is 0.186. The zero-order valence-corrected chi connectivity index (χ0v) is 10.6. The smallest absolute Gasteiger partial charge is 0.338 e. The molecule has 18 heavy (non-hydrogen) atoms. The van der Waals surface area contributed by atoms with Gasteiger partial charge in [0.1, 0.15) is 0 Å². The third-order valence-electron chi connectivity index (χ3n) is 3.19. The molecule has 0 spiro atoms. The molecule has 1 aliphatic rings. The van der Waals surface area contributed by atoms with Gasteiger partial charge in [-0.25, -0.2) is 4.79 Å². The fourth-order valence-corrected chi connectivity index (χ4v) is 2.17. The predicted molar refractivity (Wildman–Crippen MR) is 69.9 cm³/mol. The Labute approximate surface area is 107 Å². The molecule has 0 amide bonds. The highest BCUT2D eigenvalue weighted by atomic mass is 16.5. The van der Waals surface area contributed by atoms with E-state index in [2.05, 4.69) is 4.90 Å². The topological polar surface area (TPSA) is 49.8 Å². The van der Waals surface area contributed by atoms with Crippen molar-refractivity contribution in [3.63, 3.8) is 0 Å². The molecule has 1 saturated heterocycles. The van der Waals surface area contributed by atoms with Gasteiger partial charge in [-0.3, -0.25) is 0 Å². The summed E-state index contributed by atoms with van der Waals surface area (Å²) in [6.45, 7) is 3.84. The average Bonchev–Trinajstić information content (AvgIpc) is 2.40. The van der Waals surface area contributed by atoms with Crippen LogP contribution in [0.3, 0.4) is 0 Å². The van der Waals surface area contributed by atoms with Gasteiger partial charge in [-0.1, -0.05) is 6.07 Å². The van der Waals surface area contributed by atoms with Crippen molar-refractivity contribution in [3.8, 4) is 0 Å². The number of hydrogen-bond donors (Lipinski definition) is 1. The Morgan fingerprint density at radius 3 is 2.83 bits per heavy atom. The Morgan fingerprint density at radius 1 is 1.44 bits per heavy atom. The van der Waals surface area contributed by atoms with Gasteiger partial charge in [0.05, 0.1) is 18.3 Å². The molecule has 1 aliphatic heterocycles. The van der Waals surface area contributed by atoms with Crippen LogP contribution in [-0.4, -0.2) is 36.9 Å². The second-order valence-electron chi connectivity index (χ2n) is 4.49. The number of esters is 1. The van der Waals surface area contributed by atoms with E-state index in [9.17, 15) is 9.90 Å². The van der Waals surface area contributed by atoms with Crippen LogP contribution >= 0.6 is 0 Å². The molecule has 1 heterocycles. The molecular weight excluding hydrogens is 230 g/mol. The van der Waals surface area contributed by atoms with Crippen LogP contribution in [0, 0.1) is 0 Å². The predicted octanol–water partition coefficient (Wildman–Crippen LogP) is 1.82. The van der Waals surface area contributed by atoms with Gasteiger partial charge in [0, 0.05) is 18.8 Å². The number of benzene rings is 1. The molecule has 0 unspecified atom stereocenters. The number of rotatable bonds is 3. The molecule has 4 heteroatoms. The van der Waals surface area contributed by atoms with E-state index >= 15 is 0 Å². The van der Waals surface area contributed by atoms with Crippen molar-refractivity contribution in [2.24, 2.45) is 0 Å². The molecule has 0 atom stereocenters. The molecule has 0 saturated carbocycles. The Bertz CT molecular complexity index is 411. The third kappa shape index (κ3) is 3.01. The number of hydrogen-bond acceptors (Lipinski definition) is 4. The normalized spacial score (nSPS) is 16.7. The van der Waals surface area contributed by atoms with Gasteiger partial charge in [-0.2, -0.15) is 0 Å². The van der Waals surface area contributed by atoms with Crippen LogP contribution in [0.25, 0.3) is 0 Å². The van der Waals surface area contributed by atoms with Crippen molar-refractivity contribution >= 4 is 11.7 Å². The Balaban J connectivity index is 2.09. The van der Waals surface area contributed by atoms with Crippen LogP contribution < -0.4 is 4.90 Å². The molecule has 2 rings (SSSR count). The van der Waals surface area contributed by atoms with Gasteiger partial charge in [0.25, 0.3) is 0 Å². The van der Waals surface area contributed by atoms with Crippen molar-refractivity contribution < 1.29 is 14.6 Å². The van der Waals surface area contributed by atoms with E-state index < -0.39 is 0 Å². The molecular formula is C14H19NO3. The highest BCUT2D eigenvalue weighted by Gasteiger charge is 2.18. The third-order valence-corrected chi connectivity index (χ3v) is 3.19. The molecule has 1 aromatic carbocycles. The summed E-state index contributed by atoms with van der Waals surface area (Å²) in [6.07, 6.45) is 1.38. The lowest BCUT2D eigenvalue weighted by Gasteiger charge is -2.31. The molecule has 0 aliphatic carbocycles. The van der Waals surface area contributed by atoms with Gasteiger partial charge in [-0.05, 0) is 38.0 Å². The number of ether oxygens (including phenoxy) is 1. The zero-order chi connectivity index (χ0) is 13.0. The highest BCUT2D eigenvalue weighted by Crippen LogP contribution is 2.21. The van der Waals surface area contributed by atoms with Gasteiger partial charge in [0.2, 0.25) is 0 Å². The van der Waals surface area contributed by atoms with Gasteiger partial charge < -0.3 is 14.7 Å². The van der Waals surface area contributed by atoms with Crippen LogP contribution in [0.5, 0.6) is 0 Å². The second kappa shape index (κ2) is 5.87. The number of anilines is 1. The van der Waals surface area contributed by atoms with Crippen molar-refractivity contribution in [1.82, 2.24) is 0 Å². The van der Waals surface area contributed by atoms with Crippen LogP contribution in [0.1, 0.15) is 30.1 Å². The first-order valence-corrected chi connectivity index (χ1v) is 6.41. The highest BCUT2D eigenvalue weighted by molar-refractivity contribution is 5.90. The quantitative estimate of drug-likeness (QED) is 0.830. The fourth-order valence-electron chi connectivity index (χ4n) is 2.17.